The third-order valence-electron chi connectivity index (χ3n) is 2.32. The van der Waals surface area contributed by atoms with Crippen LogP contribution in [0.4, 0.5) is 5.95 Å². The number of ether oxygens (including phenoxy) is 1. The minimum atomic E-state index is 0.110. The first-order valence-corrected chi connectivity index (χ1v) is 6.14. The molecule has 0 bridgehead atoms. The Morgan fingerprint density at radius 1 is 1.37 bits per heavy atom. The maximum absolute atomic E-state index is 5.89. The molecule has 9 heteroatoms. The van der Waals surface area contributed by atoms with Gasteiger partial charge in [-0.2, -0.15) is 24.7 Å². The van der Waals surface area contributed by atoms with Crippen molar-refractivity contribution in [2.75, 3.05) is 31.7 Å². The van der Waals surface area contributed by atoms with Gasteiger partial charge in [-0.3, -0.25) is 0 Å². The Labute approximate surface area is 115 Å². The van der Waals surface area contributed by atoms with E-state index in [4.69, 9.17) is 16.3 Å². The molecule has 19 heavy (non-hydrogen) atoms. The molecule has 102 valence electrons. The number of aromatic nitrogens is 6. The molecular weight excluding hydrogens is 270 g/mol. The molecule has 0 N–H and O–H groups in total. The lowest BCUT2D eigenvalue weighted by molar-refractivity contribution is 0.154. The van der Waals surface area contributed by atoms with Crippen LogP contribution in [0.3, 0.4) is 0 Å². The lowest BCUT2D eigenvalue weighted by atomic mass is 10.6. The fourth-order valence-corrected chi connectivity index (χ4v) is 1.51. The monoisotopic (exact) mass is 283 g/mol. The van der Waals surface area contributed by atoms with Gasteiger partial charge in [0.2, 0.25) is 11.2 Å². The van der Waals surface area contributed by atoms with Crippen LogP contribution in [-0.4, -0.2) is 56.5 Å². The largest absolute Gasteiger partial charge is 0.380 e. The number of nitrogens with zero attached hydrogens (tertiary/aromatic N) is 7. The first kappa shape index (κ1) is 13.6. The Morgan fingerprint density at radius 2 is 2.21 bits per heavy atom. The molecule has 0 saturated carbocycles. The molecule has 8 nitrogen and oxygen atoms in total. The summed E-state index contributed by atoms with van der Waals surface area (Å²) >= 11 is 5.89. The zero-order valence-electron chi connectivity index (χ0n) is 10.7. The van der Waals surface area contributed by atoms with E-state index in [0.717, 1.165) is 0 Å². The normalized spacial score (nSPS) is 10.7. The van der Waals surface area contributed by atoms with Crippen LogP contribution in [-0.2, 0) is 4.74 Å². The van der Waals surface area contributed by atoms with Gasteiger partial charge in [-0.05, 0) is 18.5 Å². The summed E-state index contributed by atoms with van der Waals surface area (Å²) < 4.78 is 6.71. The van der Waals surface area contributed by atoms with E-state index < -0.39 is 0 Å². The van der Waals surface area contributed by atoms with Gasteiger partial charge in [-0.15, -0.1) is 0 Å². The quantitative estimate of drug-likeness (QED) is 0.717. The molecule has 0 spiro atoms. The van der Waals surface area contributed by atoms with Crippen LogP contribution in [0.1, 0.15) is 6.92 Å². The van der Waals surface area contributed by atoms with Gasteiger partial charge in [0.05, 0.1) is 6.61 Å². The molecule has 0 saturated heterocycles. The van der Waals surface area contributed by atoms with Crippen molar-refractivity contribution < 1.29 is 4.74 Å². The molecule has 2 aromatic heterocycles. The summed E-state index contributed by atoms with van der Waals surface area (Å²) in [5.41, 5.74) is 0. The van der Waals surface area contributed by atoms with E-state index >= 15 is 0 Å². The van der Waals surface area contributed by atoms with Crippen molar-refractivity contribution >= 4 is 17.5 Å². The smallest absolute Gasteiger partial charge is 0.258 e. The van der Waals surface area contributed by atoms with Gasteiger partial charge in [0.25, 0.3) is 5.95 Å². The molecule has 0 atom stereocenters. The third-order valence-corrected chi connectivity index (χ3v) is 2.49. The molecule has 0 fully saturated rings. The second-order valence-electron chi connectivity index (χ2n) is 3.66. The van der Waals surface area contributed by atoms with E-state index in [-0.39, 0.29) is 5.28 Å². The molecule has 0 aliphatic heterocycles. The molecule has 0 aromatic carbocycles. The van der Waals surface area contributed by atoms with Crippen LogP contribution in [0, 0.1) is 0 Å². The average molecular weight is 284 g/mol. The lowest BCUT2D eigenvalue weighted by Gasteiger charge is -2.17. The predicted molar refractivity (Wildman–Crippen MR) is 69.5 cm³/mol. The van der Waals surface area contributed by atoms with E-state index in [2.05, 4.69) is 25.0 Å². The molecule has 0 radical (unpaired) electrons. The second kappa shape index (κ2) is 6.39. The predicted octanol–water partition coefficient (Wildman–Crippen LogP) is 0.578. The summed E-state index contributed by atoms with van der Waals surface area (Å²) in [6.45, 7) is 3.87. The number of anilines is 1. The van der Waals surface area contributed by atoms with Crippen molar-refractivity contribution in [2.24, 2.45) is 0 Å². The first-order valence-electron chi connectivity index (χ1n) is 5.76. The van der Waals surface area contributed by atoms with Crippen molar-refractivity contribution in [1.29, 1.82) is 0 Å². The van der Waals surface area contributed by atoms with E-state index in [1.54, 1.807) is 0 Å². The highest BCUT2D eigenvalue weighted by Crippen LogP contribution is 2.11. The van der Waals surface area contributed by atoms with Gasteiger partial charge in [0, 0.05) is 20.2 Å². The summed E-state index contributed by atoms with van der Waals surface area (Å²) in [6, 6.07) is 0. The second-order valence-corrected chi connectivity index (χ2v) is 4.00. The highest BCUT2D eigenvalue weighted by atomic mass is 35.5. The number of likely N-dealkylation sites (N-methyl/N-ethyl adjacent to an activating group) is 1. The summed E-state index contributed by atoms with van der Waals surface area (Å²) in [6.07, 6.45) is 2.89. The number of rotatable bonds is 6. The lowest BCUT2D eigenvalue weighted by Crippen LogP contribution is -2.25. The van der Waals surface area contributed by atoms with E-state index in [1.807, 2.05) is 18.9 Å². The molecule has 0 aliphatic carbocycles. The van der Waals surface area contributed by atoms with Crippen molar-refractivity contribution in [3.63, 3.8) is 0 Å². The highest BCUT2D eigenvalue weighted by Gasteiger charge is 2.10. The van der Waals surface area contributed by atoms with Crippen LogP contribution in [0.15, 0.2) is 12.7 Å². The maximum Gasteiger partial charge on any atom is 0.258 e. The molecule has 2 aromatic rings. The Bertz CT molecular complexity index is 519. The zero-order valence-corrected chi connectivity index (χ0v) is 11.4. The molecule has 0 amide bonds. The Kier molecular flexibility index (Phi) is 4.58. The molecule has 0 aliphatic rings. The Morgan fingerprint density at radius 3 is 2.89 bits per heavy atom. The van der Waals surface area contributed by atoms with E-state index in [9.17, 15) is 0 Å². The number of hydrogen-bond acceptors (Lipinski definition) is 7. The molecular formula is C10H14ClN7O. The van der Waals surface area contributed by atoms with Gasteiger partial charge in [-0.25, -0.2) is 4.98 Å². The molecule has 2 rings (SSSR count). The maximum atomic E-state index is 5.89. The minimum absolute atomic E-state index is 0.110. The van der Waals surface area contributed by atoms with Crippen molar-refractivity contribution in [2.45, 2.75) is 6.92 Å². The fourth-order valence-electron chi connectivity index (χ4n) is 1.36. The van der Waals surface area contributed by atoms with Crippen LogP contribution in [0.2, 0.25) is 5.28 Å². The summed E-state index contributed by atoms with van der Waals surface area (Å²) in [7, 11) is 1.86. The minimum Gasteiger partial charge on any atom is -0.380 e. The number of halogens is 1. The summed E-state index contributed by atoms with van der Waals surface area (Å²) in [5.74, 6) is 0.793. The van der Waals surface area contributed by atoms with Gasteiger partial charge in [0.15, 0.2) is 0 Å². The standard InChI is InChI=1S/C10H14ClN7O/c1-3-19-5-4-17(2)9-14-8(11)15-10(16-9)18-7-12-6-13-18/h6-7H,3-5H2,1-2H3. The van der Waals surface area contributed by atoms with Crippen molar-refractivity contribution in [1.82, 2.24) is 29.7 Å². The van der Waals surface area contributed by atoms with Gasteiger partial charge >= 0.3 is 0 Å². The average Bonchev–Trinajstić information content (AvgIpc) is 2.92. The Balaban J connectivity index is 2.17. The van der Waals surface area contributed by atoms with Gasteiger partial charge in [-0.1, -0.05) is 0 Å². The van der Waals surface area contributed by atoms with Crippen LogP contribution in [0.5, 0.6) is 0 Å². The Hall–Kier alpha value is -1.80. The first-order chi connectivity index (χ1) is 9.20. The topological polar surface area (TPSA) is 81.9 Å². The van der Waals surface area contributed by atoms with Crippen molar-refractivity contribution in [3.05, 3.63) is 17.9 Å². The van der Waals surface area contributed by atoms with E-state index in [0.29, 0.717) is 31.7 Å². The van der Waals surface area contributed by atoms with Gasteiger partial charge < -0.3 is 9.64 Å². The summed E-state index contributed by atoms with van der Waals surface area (Å²) in [4.78, 5) is 18.0. The SMILES string of the molecule is CCOCCN(C)c1nc(Cl)nc(-n2cncn2)n1. The van der Waals surface area contributed by atoms with Gasteiger partial charge in [0.1, 0.15) is 12.7 Å². The van der Waals surface area contributed by atoms with Crippen LogP contribution < -0.4 is 4.90 Å². The highest BCUT2D eigenvalue weighted by molar-refractivity contribution is 6.28. The number of hydrogen-bond donors (Lipinski definition) is 0. The van der Waals surface area contributed by atoms with E-state index in [1.165, 1.54) is 17.3 Å². The van der Waals surface area contributed by atoms with Crippen LogP contribution >= 0.6 is 11.6 Å². The van der Waals surface area contributed by atoms with Crippen LogP contribution in [0.25, 0.3) is 5.95 Å². The molecule has 0 unspecified atom stereocenters. The summed E-state index contributed by atoms with van der Waals surface area (Å²) in [5, 5.41) is 4.06. The third kappa shape index (κ3) is 3.58. The van der Waals surface area contributed by atoms with Crippen molar-refractivity contribution in [3.8, 4) is 5.95 Å². The molecule has 2 heterocycles. The zero-order chi connectivity index (χ0) is 13.7. The fraction of sp³-hybridized carbons (Fsp3) is 0.500.